The third-order valence-corrected chi connectivity index (χ3v) is 5.39. The van der Waals surface area contributed by atoms with Gasteiger partial charge >= 0.3 is 0 Å². The number of carbonyl (C=O) groups is 1. The van der Waals surface area contributed by atoms with Crippen molar-refractivity contribution in [1.29, 1.82) is 0 Å². The molecule has 4 heteroatoms. The first-order valence-corrected chi connectivity index (χ1v) is 8.02. The summed E-state index contributed by atoms with van der Waals surface area (Å²) >= 11 is 0. The summed E-state index contributed by atoms with van der Waals surface area (Å²) in [5.41, 5.74) is 1.30. The van der Waals surface area contributed by atoms with E-state index in [2.05, 4.69) is 4.90 Å². The molecule has 20 heavy (non-hydrogen) atoms. The normalized spacial score (nSPS) is 37.5. The highest BCUT2D eigenvalue weighted by Gasteiger charge is 2.42. The number of ketones is 1. The zero-order valence-corrected chi connectivity index (χ0v) is 12.6. The minimum absolute atomic E-state index is 0.0758. The van der Waals surface area contributed by atoms with Crippen LogP contribution in [0.3, 0.4) is 0 Å². The standard InChI is InChI=1S/C16H26N2O2/c1-10(2)16(20)14-4-3-11-5-12-7-18(9-19)8-13(12)6-15(11)17-14/h10-14,19H,3-9H2,1-2H3. The summed E-state index contributed by atoms with van der Waals surface area (Å²) < 4.78 is 0. The van der Waals surface area contributed by atoms with Crippen molar-refractivity contribution in [3.05, 3.63) is 0 Å². The van der Waals surface area contributed by atoms with E-state index in [4.69, 9.17) is 4.99 Å². The maximum atomic E-state index is 12.2. The molecule has 1 saturated carbocycles. The van der Waals surface area contributed by atoms with E-state index in [1.165, 1.54) is 12.1 Å². The third-order valence-electron chi connectivity index (χ3n) is 5.39. The fourth-order valence-electron chi connectivity index (χ4n) is 4.24. The molecule has 2 aliphatic heterocycles. The van der Waals surface area contributed by atoms with Gasteiger partial charge < -0.3 is 5.11 Å². The van der Waals surface area contributed by atoms with E-state index in [-0.39, 0.29) is 18.7 Å². The predicted molar refractivity (Wildman–Crippen MR) is 78.7 cm³/mol. The highest BCUT2D eigenvalue weighted by atomic mass is 16.3. The fourth-order valence-corrected chi connectivity index (χ4v) is 4.24. The number of aliphatic hydroxyl groups is 1. The van der Waals surface area contributed by atoms with Crippen molar-refractivity contribution in [1.82, 2.24) is 4.90 Å². The van der Waals surface area contributed by atoms with Crippen LogP contribution in [0.25, 0.3) is 0 Å². The first-order valence-electron chi connectivity index (χ1n) is 8.02. The Morgan fingerprint density at radius 3 is 2.80 bits per heavy atom. The second-order valence-electron chi connectivity index (χ2n) is 7.10. The molecule has 4 atom stereocenters. The summed E-state index contributed by atoms with van der Waals surface area (Å²) in [6.45, 7) is 6.16. The predicted octanol–water partition coefficient (Wildman–Crippen LogP) is 1.72. The molecule has 0 spiro atoms. The molecule has 3 rings (SSSR count). The lowest BCUT2D eigenvalue weighted by Crippen LogP contribution is -2.38. The Labute approximate surface area is 121 Å². The zero-order chi connectivity index (χ0) is 14.3. The van der Waals surface area contributed by atoms with Gasteiger partial charge in [0, 0.05) is 24.7 Å². The highest BCUT2D eigenvalue weighted by Crippen LogP contribution is 2.41. The molecule has 1 N–H and O–H groups in total. The molecule has 0 aromatic carbocycles. The van der Waals surface area contributed by atoms with Crippen molar-refractivity contribution in [3.8, 4) is 0 Å². The first-order chi connectivity index (χ1) is 9.58. The Bertz CT molecular complexity index is 419. The molecular weight excluding hydrogens is 252 g/mol. The van der Waals surface area contributed by atoms with Gasteiger partial charge in [-0.05, 0) is 43.4 Å². The summed E-state index contributed by atoms with van der Waals surface area (Å²) in [5, 5.41) is 9.30. The van der Waals surface area contributed by atoms with Crippen molar-refractivity contribution < 1.29 is 9.90 Å². The van der Waals surface area contributed by atoms with Crippen molar-refractivity contribution in [2.45, 2.75) is 45.6 Å². The van der Waals surface area contributed by atoms with Gasteiger partial charge in [-0.2, -0.15) is 0 Å². The molecule has 3 aliphatic rings. The lowest BCUT2D eigenvalue weighted by atomic mass is 9.71. The van der Waals surface area contributed by atoms with Gasteiger partial charge in [-0.25, -0.2) is 0 Å². The molecule has 1 aliphatic carbocycles. The molecule has 0 aromatic rings. The molecular formula is C16H26N2O2. The molecule has 0 amide bonds. The Morgan fingerprint density at radius 2 is 2.10 bits per heavy atom. The molecule has 4 unspecified atom stereocenters. The zero-order valence-electron chi connectivity index (χ0n) is 12.6. The number of Topliss-reactive ketones (excluding diaryl/α,β-unsaturated/α-hetero) is 1. The molecule has 2 fully saturated rings. The minimum Gasteiger partial charge on any atom is -0.381 e. The second kappa shape index (κ2) is 5.57. The Balaban J connectivity index is 1.72. The molecule has 1 saturated heterocycles. The number of nitrogens with zero attached hydrogens (tertiary/aromatic N) is 2. The first kappa shape index (κ1) is 14.2. The number of hydrogen-bond donors (Lipinski definition) is 1. The summed E-state index contributed by atoms with van der Waals surface area (Å²) in [4.78, 5) is 19.1. The van der Waals surface area contributed by atoms with Crippen LogP contribution in [0, 0.1) is 23.7 Å². The van der Waals surface area contributed by atoms with E-state index < -0.39 is 0 Å². The van der Waals surface area contributed by atoms with E-state index >= 15 is 0 Å². The van der Waals surface area contributed by atoms with Crippen LogP contribution in [0.4, 0.5) is 0 Å². The Morgan fingerprint density at radius 1 is 1.35 bits per heavy atom. The van der Waals surface area contributed by atoms with E-state index in [1.807, 2.05) is 13.8 Å². The van der Waals surface area contributed by atoms with Gasteiger partial charge in [0.05, 0.1) is 6.73 Å². The van der Waals surface area contributed by atoms with Gasteiger partial charge in [-0.15, -0.1) is 0 Å². The number of likely N-dealkylation sites (tertiary alicyclic amines) is 1. The number of carbonyl (C=O) groups excluding carboxylic acids is 1. The summed E-state index contributed by atoms with van der Waals surface area (Å²) in [6, 6.07) is -0.0758. The fraction of sp³-hybridized carbons (Fsp3) is 0.875. The van der Waals surface area contributed by atoms with Gasteiger partial charge in [0.25, 0.3) is 0 Å². The lowest BCUT2D eigenvalue weighted by Gasteiger charge is -2.36. The highest BCUT2D eigenvalue weighted by molar-refractivity contribution is 5.94. The summed E-state index contributed by atoms with van der Waals surface area (Å²) in [7, 11) is 0. The Kier molecular flexibility index (Phi) is 3.95. The summed E-state index contributed by atoms with van der Waals surface area (Å²) in [5.74, 6) is 2.37. The second-order valence-corrected chi connectivity index (χ2v) is 7.10. The van der Waals surface area contributed by atoms with Crippen LogP contribution >= 0.6 is 0 Å². The topological polar surface area (TPSA) is 52.9 Å². The SMILES string of the molecule is CC(C)C(=O)C1CCC2CC3CN(CO)CC3CC2=N1. The quantitative estimate of drug-likeness (QED) is 0.855. The van der Waals surface area contributed by atoms with Crippen molar-refractivity contribution in [2.24, 2.45) is 28.7 Å². The van der Waals surface area contributed by atoms with Crippen LogP contribution in [0.2, 0.25) is 0 Å². The van der Waals surface area contributed by atoms with Crippen LogP contribution < -0.4 is 0 Å². The van der Waals surface area contributed by atoms with E-state index in [1.54, 1.807) is 0 Å². The van der Waals surface area contributed by atoms with Crippen LogP contribution in [-0.2, 0) is 4.79 Å². The van der Waals surface area contributed by atoms with Crippen molar-refractivity contribution >= 4 is 11.5 Å². The molecule has 0 aromatic heterocycles. The van der Waals surface area contributed by atoms with Crippen molar-refractivity contribution in [3.63, 3.8) is 0 Å². The number of rotatable bonds is 3. The van der Waals surface area contributed by atoms with Gasteiger partial charge in [-0.1, -0.05) is 13.8 Å². The molecule has 0 radical (unpaired) electrons. The third kappa shape index (κ3) is 2.56. The van der Waals surface area contributed by atoms with Crippen LogP contribution in [0.15, 0.2) is 4.99 Å². The van der Waals surface area contributed by atoms with Crippen LogP contribution in [0.5, 0.6) is 0 Å². The lowest BCUT2D eigenvalue weighted by molar-refractivity contribution is -0.123. The molecule has 2 heterocycles. The van der Waals surface area contributed by atoms with Gasteiger partial charge in [0.2, 0.25) is 0 Å². The van der Waals surface area contributed by atoms with Gasteiger partial charge in [-0.3, -0.25) is 14.7 Å². The van der Waals surface area contributed by atoms with Crippen molar-refractivity contribution in [2.75, 3.05) is 19.8 Å². The van der Waals surface area contributed by atoms with Gasteiger partial charge in [0.1, 0.15) is 6.04 Å². The van der Waals surface area contributed by atoms with E-state index in [0.717, 1.165) is 38.3 Å². The number of hydrogen-bond acceptors (Lipinski definition) is 4. The summed E-state index contributed by atoms with van der Waals surface area (Å²) in [6.07, 6.45) is 4.33. The number of aliphatic imine (C=N–C) groups is 1. The minimum atomic E-state index is -0.0758. The smallest absolute Gasteiger partial charge is 0.159 e. The maximum absolute atomic E-state index is 12.2. The monoisotopic (exact) mass is 278 g/mol. The maximum Gasteiger partial charge on any atom is 0.159 e. The van der Waals surface area contributed by atoms with Gasteiger partial charge in [0.15, 0.2) is 5.78 Å². The average Bonchev–Trinajstić information content (AvgIpc) is 2.85. The van der Waals surface area contributed by atoms with E-state index in [9.17, 15) is 9.90 Å². The molecule has 112 valence electrons. The van der Waals surface area contributed by atoms with Crippen LogP contribution in [0.1, 0.15) is 39.5 Å². The number of fused-ring (bicyclic) bond motifs is 2. The van der Waals surface area contributed by atoms with Crippen LogP contribution in [-0.4, -0.2) is 47.4 Å². The molecule has 0 bridgehead atoms. The van der Waals surface area contributed by atoms with E-state index in [0.29, 0.717) is 17.6 Å². The largest absolute Gasteiger partial charge is 0.381 e. The average molecular weight is 278 g/mol. The number of aliphatic hydroxyl groups excluding tert-OH is 1. The molecule has 4 nitrogen and oxygen atoms in total. The Hall–Kier alpha value is -0.740.